The number of allylic oxidation sites excluding steroid dienone is 1. The van der Waals surface area contributed by atoms with Crippen molar-refractivity contribution >= 4 is 18.0 Å². The monoisotopic (exact) mass is 326 g/mol. The summed E-state index contributed by atoms with van der Waals surface area (Å²) in [4.78, 5) is 26.5. The van der Waals surface area contributed by atoms with Gasteiger partial charge in [-0.05, 0) is 37.5 Å². The fourth-order valence-corrected chi connectivity index (χ4v) is 2.55. The molecule has 126 valence electrons. The minimum Gasteiger partial charge on any atom is -0.461 e. The zero-order valence-corrected chi connectivity index (χ0v) is 14.1. The third-order valence-corrected chi connectivity index (χ3v) is 4.02. The molecule has 0 aliphatic carbocycles. The van der Waals surface area contributed by atoms with E-state index in [0.29, 0.717) is 18.4 Å². The van der Waals surface area contributed by atoms with Crippen molar-refractivity contribution in [2.75, 3.05) is 6.61 Å². The highest BCUT2D eigenvalue weighted by atomic mass is 16.5. The van der Waals surface area contributed by atoms with Gasteiger partial charge in [-0.3, -0.25) is 9.59 Å². The molecule has 0 unspecified atom stereocenters. The molecule has 2 rings (SSSR count). The lowest BCUT2D eigenvalue weighted by Crippen LogP contribution is -2.15. The first-order chi connectivity index (χ1) is 11.5. The summed E-state index contributed by atoms with van der Waals surface area (Å²) in [6.07, 6.45) is 7.90. The van der Waals surface area contributed by atoms with Crippen molar-refractivity contribution in [1.29, 1.82) is 0 Å². The fourth-order valence-electron chi connectivity index (χ4n) is 2.55. The molecule has 0 saturated carbocycles. The molecule has 1 aromatic heterocycles. The molecule has 1 aliphatic heterocycles. The van der Waals surface area contributed by atoms with Crippen molar-refractivity contribution in [3.8, 4) is 0 Å². The molecule has 5 nitrogen and oxygen atoms in total. The van der Waals surface area contributed by atoms with Crippen molar-refractivity contribution in [3.63, 3.8) is 0 Å². The molecule has 1 aliphatic rings. The summed E-state index contributed by atoms with van der Waals surface area (Å²) in [6, 6.07) is 0. The van der Waals surface area contributed by atoms with Crippen LogP contribution in [0.4, 0.5) is 0 Å². The first-order valence-corrected chi connectivity index (χ1v) is 7.78. The normalized spacial score (nSPS) is 15.6. The maximum atomic E-state index is 11.8. The van der Waals surface area contributed by atoms with Gasteiger partial charge in [0.05, 0.1) is 5.70 Å². The van der Waals surface area contributed by atoms with Gasteiger partial charge in [0.15, 0.2) is 0 Å². The molecular weight excluding hydrogens is 304 g/mol. The Labute approximate surface area is 141 Å². The number of rotatable bonds is 7. The number of amides is 1. The lowest BCUT2D eigenvalue weighted by Gasteiger charge is -2.03. The predicted octanol–water partition coefficient (Wildman–Crippen LogP) is 2.96. The molecule has 0 spiro atoms. The Kier molecular flexibility index (Phi) is 5.58. The van der Waals surface area contributed by atoms with E-state index in [4.69, 9.17) is 4.74 Å². The highest BCUT2D eigenvalue weighted by Gasteiger charge is 2.22. The van der Waals surface area contributed by atoms with Crippen LogP contribution in [0, 0.1) is 6.92 Å². The Morgan fingerprint density at radius 2 is 2.08 bits per heavy atom. The third kappa shape index (κ3) is 3.74. The van der Waals surface area contributed by atoms with Crippen molar-refractivity contribution < 1.29 is 14.3 Å². The van der Waals surface area contributed by atoms with Crippen LogP contribution in [0.3, 0.4) is 0 Å². The quantitative estimate of drug-likeness (QED) is 0.598. The number of aromatic nitrogens is 1. The molecule has 2 N–H and O–H groups in total. The summed E-state index contributed by atoms with van der Waals surface area (Å²) < 4.78 is 4.98. The molecule has 1 amide bonds. The topological polar surface area (TPSA) is 71.2 Å². The predicted molar refractivity (Wildman–Crippen MR) is 94.0 cm³/mol. The molecule has 0 atom stereocenters. The maximum absolute atomic E-state index is 11.8. The average molecular weight is 326 g/mol. The lowest BCUT2D eigenvalue weighted by molar-refractivity contribution is -0.142. The first kappa shape index (κ1) is 17.5. The summed E-state index contributed by atoms with van der Waals surface area (Å²) in [5, 5.41) is 2.84. The minimum absolute atomic E-state index is 0.106. The Morgan fingerprint density at radius 3 is 2.75 bits per heavy atom. The number of carbonyl (C=O) groups is 2. The van der Waals surface area contributed by atoms with Gasteiger partial charge in [0, 0.05) is 29.5 Å². The second-order valence-corrected chi connectivity index (χ2v) is 5.58. The van der Waals surface area contributed by atoms with E-state index in [1.807, 2.05) is 19.2 Å². The molecule has 0 radical (unpaired) electrons. The van der Waals surface area contributed by atoms with E-state index in [1.165, 1.54) is 0 Å². The molecule has 24 heavy (non-hydrogen) atoms. The second-order valence-electron chi connectivity index (χ2n) is 5.58. The van der Waals surface area contributed by atoms with E-state index in [-0.39, 0.29) is 18.5 Å². The average Bonchev–Trinajstić information content (AvgIpc) is 3.04. The van der Waals surface area contributed by atoms with Gasteiger partial charge in [0.1, 0.15) is 6.61 Å². The van der Waals surface area contributed by atoms with Crippen LogP contribution in [0.2, 0.25) is 0 Å². The zero-order chi connectivity index (χ0) is 17.7. The highest BCUT2D eigenvalue weighted by Crippen LogP contribution is 2.25. The van der Waals surface area contributed by atoms with Crippen LogP contribution in [0.5, 0.6) is 0 Å². The maximum Gasteiger partial charge on any atom is 0.306 e. The van der Waals surface area contributed by atoms with E-state index in [0.717, 1.165) is 28.1 Å². The highest BCUT2D eigenvalue weighted by molar-refractivity contribution is 6.01. The first-order valence-electron chi connectivity index (χ1n) is 7.78. The van der Waals surface area contributed by atoms with Crippen LogP contribution in [0.25, 0.3) is 6.08 Å². The van der Waals surface area contributed by atoms with E-state index in [2.05, 4.69) is 23.5 Å². The summed E-state index contributed by atoms with van der Waals surface area (Å²) in [6.45, 7) is 11.3. The Balaban J connectivity index is 2.12. The number of hydrogen-bond donors (Lipinski definition) is 2. The molecule has 0 bridgehead atoms. The summed E-state index contributed by atoms with van der Waals surface area (Å²) >= 11 is 0. The van der Waals surface area contributed by atoms with Gasteiger partial charge in [-0.1, -0.05) is 25.3 Å². The van der Waals surface area contributed by atoms with Crippen molar-refractivity contribution in [2.24, 2.45) is 0 Å². The SMILES string of the molecule is C=CCOC(=O)CCc1c[nH]c(/C=C2\NC(=O)C(C)=C2C=C)c1C. The standard InChI is InChI=1S/C19H22N2O3/c1-5-9-24-18(22)8-7-14-11-20-16(12(14)3)10-17-15(6-2)13(4)19(23)21-17/h5-6,10-11,20H,1-2,7-9H2,3-4H3,(H,21,23)/b17-10-. The molecule has 1 aromatic rings. The number of hydrogen-bond acceptors (Lipinski definition) is 3. The largest absolute Gasteiger partial charge is 0.461 e. The van der Waals surface area contributed by atoms with Crippen molar-refractivity contribution in [2.45, 2.75) is 26.7 Å². The molecular formula is C19H22N2O3. The molecule has 0 fully saturated rings. The second kappa shape index (κ2) is 7.64. The number of aromatic amines is 1. The smallest absolute Gasteiger partial charge is 0.306 e. The van der Waals surface area contributed by atoms with Crippen LogP contribution >= 0.6 is 0 Å². The van der Waals surface area contributed by atoms with Gasteiger partial charge in [-0.15, -0.1) is 0 Å². The number of carbonyl (C=O) groups excluding carboxylic acids is 2. The van der Waals surface area contributed by atoms with Gasteiger partial charge in [-0.2, -0.15) is 0 Å². The van der Waals surface area contributed by atoms with E-state index in [1.54, 1.807) is 19.1 Å². The number of esters is 1. The lowest BCUT2D eigenvalue weighted by atomic mass is 10.1. The Hall–Kier alpha value is -2.82. The fraction of sp³-hybridized carbons (Fsp3) is 0.263. The number of H-pyrrole nitrogens is 1. The van der Waals surface area contributed by atoms with E-state index < -0.39 is 0 Å². The number of aryl methyl sites for hydroxylation is 1. The summed E-state index contributed by atoms with van der Waals surface area (Å²) in [7, 11) is 0. The minimum atomic E-state index is -0.244. The van der Waals surface area contributed by atoms with Crippen LogP contribution in [-0.2, 0) is 20.7 Å². The van der Waals surface area contributed by atoms with E-state index in [9.17, 15) is 9.59 Å². The van der Waals surface area contributed by atoms with Crippen LogP contribution in [0.1, 0.15) is 30.2 Å². The molecule has 0 aromatic carbocycles. The number of ether oxygens (including phenoxy) is 1. The van der Waals surface area contributed by atoms with Gasteiger partial charge in [0.2, 0.25) is 0 Å². The number of nitrogens with one attached hydrogen (secondary N) is 2. The molecule has 5 heteroatoms. The van der Waals surface area contributed by atoms with E-state index >= 15 is 0 Å². The van der Waals surface area contributed by atoms with Crippen molar-refractivity contribution in [3.05, 3.63) is 65.2 Å². The van der Waals surface area contributed by atoms with Crippen LogP contribution < -0.4 is 5.32 Å². The third-order valence-electron chi connectivity index (χ3n) is 4.02. The molecule has 0 saturated heterocycles. The van der Waals surface area contributed by atoms with Gasteiger partial charge >= 0.3 is 5.97 Å². The van der Waals surface area contributed by atoms with Gasteiger partial charge in [0.25, 0.3) is 5.91 Å². The van der Waals surface area contributed by atoms with Crippen molar-refractivity contribution in [1.82, 2.24) is 10.3 Å². The zero-order valence-electron chi connectivity index (χ0n) is 14.1. The molecule has 2 heterocycles. The Bertz CT molecular complexity index is 751. The summed E-state index contributed by atoms with van der Waals surface area (Å²) in [5.74, 6) is -0.350. The van der Waals surface area contributed by atoms with Gasteiger partial charge in [-0.25, -0.2) is 0 Å². The van der Waals surface area contributed by atoms with Crippen LogP contribution in [0.15, 0.2) is 48.4 Å². The van der Waals surface area contributed by atoms with Gasteiger partial charge < -0.3 is 15.0 Å². The van der Waals surface area contributed by atoms with Crippen LogP contribution in [-0.4, -0.2) is 23.5 Å². The summed E-state index contributed by atoms with van der Waals surface area (Å²) in [5.41, 5.74) is 5.18. The Morgan fingerprint density at radius 1 is 1.33 bits per heavy atom.